The maximum Gasteiger partial charge on any atom is 0.294 e. The Kier molecular flexibility index (Phi) is 3.16. The molecule has 0 spiro atoms. The standard InChI is InChI=1S/C15H12N4OS2/c1-9-12(21-13(16-9)10-6-4-3-5-7-10)11-8-19-14(17-11)22-15(18-19)20-2/h3-8H,1-2H3. The second-order valence-electron chi connectivity index (χ2n) is 4.72. The van der Waals surface area contributed by atoms with Crippen molar-refractivity contribution in [1.82, 2.24) is 19.6 Å². The summed E-state index contributed by atoms with van der Waals surface area (Å²) >= 11 is 3.08. The molecule has 5 nitrogen and oxygen atoms in total. The van der Waals surface area contributed by atoms with Crippen LogP contribution in [0.3, 0.4) is 0 Å². The Morgan fingerprint density at radius 3 is 2.64 bits per heavy atom. The van der Waals surface area contributed by atoms with E-state index in [2.05, 4.69) is 27.2 Å². The molecule has 0 saturated heterocycles. The third-order valence-electron chi connectivity index (χ3n) is 3.25. The predicted octanol–water partition coefficient (Wildman–Crippen LogP) is 3.90. The molecular formula is C15H12N4OS2. The summed E-state index contributed by atoms with van der Waals surface area (Å²) in [5, 5.41) is 5.93. The average molecular weight is 328 g/mol. The molecule has 1 aromatic carbocycles. The molecule has 7 heteroatoms. The van der Waals surface area contributed by atoms with E-state index in [4.69, 9.17) is 4.74 Å². The zero-order valence-electron chi connectivity index (χ0n) is 12.0. The average Bonchev–Trinajstić information content (AvgIpc) is 3.20. The normalized spacial score (nSPS) is 11.2. The SMILES string of the molecule is COc1nn2cc(-c3sc(-c4ccccc4)nc3C)nc2s1. The Labute approximate surface area is 134 Å². The van der Waals surface area contributed by atoms with E-state index in [1.54, 1.807) is 23.0 Å². The molecule has 22 heavy (non-hydrogen) atoms. The highest BCUT2D eigenvalue weighted by Gasteiger charge is 2.16. The Balaban J connectivity index is 1.77. The van der Waals surface area contributed by atoms with Crippen molar-refractivity contribution in [2.24, 2.45) is 0 Å². The summed E-state index contributed by atoms with van der Waals surface area (Å²) in [5.41, 5.74) is 3.02. The number of imidazole rings is 1. The van der Waals surface area contributed by atoms with Crippen molar-refractivity contribution in [2.45, 2.75) is 6.92 Å². The van der Waals surface area contributed by atoms with Crippen LogP contribution in [-0.2, 0) is 0 Å². The minimum Gasteiger partial charge on any atom is -0.472 e. The smallest absolute Gasteiger partial charge is 0.294 e. The van der Waals surface area contributed by atoms with Crippen LogP contribution in [0.15, 0.2) is 36.5 Å². The van der Waals surface area contributed by atoms with Crippen LogP contribution in [0.5, 0.6) is 5.19 Å². The first-order chi connectivity index (χ1) is 10.7. The van der Waals surface area contributed by atoms with Gasteiger partial charge >= 0.3 is 0 Å². The van der Waals surface area contributed by atoms with Gasteiger partial charge in [-0.05, 0) is 18.3 Å². The van der Waals surface area contributed by atoms with Gasteiger partial charge in [-0.15, -0.1) is 16.4 Å². The monoisotopic (exact) mass is 328 g/mol. The summed E-state index contributed by atoms with van der Waals surface area (Å²) in [6, 6.07) is 10.2. The van der Waals surface area contributed by atoms with E-state index in [1.165, 1.54) is 11.3 Å². The highest BCUT2D eigenvalue weighted by Crippen LogP contribution is 2.35. The van der Waals surface area contributed by atoms with Gasteiger partial charge in [-0.1, -0.05) is 30.3 Å². The van der Waals surface area contributed by atoms with Crippen LogP contribution in [-0.4, -0.2) is 26.7 Å². The molecule has 0 aliphatic rings. The lowest BCUT2D eigenvalue weighted by molar-refractivity contribution is 0.405. The number of benzene rings is 1. The lowest BCUT2D eigenvalue weighted by Gasteiger charge is -1.92. The second-order valence-corrected chi connectivity index (χ2v) is 6.64. The van der Waals surface area contributed by atoms with Crippen LogP contribution in [0.2, 0.25) is 0 Å². The number of thiazole rings is 1. The van der Waals surface area contributed by atoms with Crippen molar-refractivity contribution >= 4 is 27.6 Å². The van der Waals surface area contributed by atoms with Crippen molar-refractivity contribution in [1.29, 1.82) is 0 Å². The zero-order valence-corrected chi connectivity index (χ0v) is 13.6. The van der Waals surface area contributed by atoms with Crippen molar-refractivity contribution in [3.8, 4) is 26.3 Å². The van der Waals surface area contributed by atoms with Crippen molar-refractivity contribution in [3.63, 3.8) is 0 Å². The molecule has 0 atom stereocenters. The minimum atomic E-state index is 0.611. The van der Waals surface area contributed by atoms with E-state index in [0.717, 1.165) is 31.8 Å². The Morgan fingerprint density at radius 2 is 1.91 bits per heavy atom. The summed E-state index contributed by atoms with van der Waals surface area (Å²) in [6.07, 6.45) is 1.92. The lowest BCUT2D eigenvalue weighted by Crippen LogP contribution is -1.84. The molecule has 0 unspecified atom stereocenters. The van der Waals surface area contributed by atoms with Gasteiger partial charge in [-0.25, -0.2) is 14.5 Å². The molecule has 3 heterocycles. The fraction of sp³-hybridized carbons (Fsp3) is 0.133. The van der Waals surface area contributed by atoms with Crippen LogP contribution in [0.1, 0.15) is 5.69 Å². The van der Waals surface area contributed by atoms with Gasteiger partial charge < -0.3 is 4.74 Å². The number of hydrogen-bond donors (Lipinski definition) is 0. The van der Waals surface area contributed by atoms with E-state index in [-0.39, 0.29) is 0 Å². The number of ether oxygens (including phenoxy) is 1. The molecule has 4 rings (SSSR count). The molecule has 0 N–H and O–H groups in total. The molecular weight excluding hydrogens is 316 g/mol. The number of nitrogens with zero attached hydrogens (tertiary/aromatic N) is 4. The second kappa shape index (κ2) is 5.19. The van der Waals surface area contributed by atoms with Gasteiger partial charge in [0.1, 0.15) is 10.7 Å². The quantitative estimate of drug-likeness (QED) is 0.572. The van der Waals surface area contributed by atoms with E-state index in [1.807, 2.05) is 31.3 Å². The summed E-state index contributed by atoms with van der Waals surface area (Å²) < 4.78 is 6.88. The number of aromatic nitrogens is 4. The highest BCUT2D eigenvalue weighted by atomic mass is 32.1. The molecule has 4 aromatic rings. The van der Waals surface area contributed by atoms with Crippen LogP contribution in [0, 0.1) is 6.92 Å². The maximum atomic E-state index is 5.13. The van der Waals surface area contributed by atoms with Crippen LogP contribution >= 0.6 is 22.7 Å². The first-order valence-corrected chi connectivity index (χ1v) is 8.31. The molecule has 0 aliphatic heterocycles. The van der Waals surface area contributed by atoms with E-state index < -0.39 is 0 Å². The summed E-state index contributed by atoms with van der Waals surface area (Å²) in [4.78, 5) is 11.2. The van der Waals surface area contributed by atoms with Crippen molar-refractivity contribution in [2.75, 3.05) is 7.11 Å². The molecule has 0 fully saturated rings. The Bertz CT molecular complexity index is 908. The number of rotatable bonds is 3. The van der Waals surface area contributed by atoms with Crippen LogP contribution in [0.4, 0.5) is 0 Å². The summed E-state index contributed by atoms with van der Waals surface area (Å²) in [5.74, 6) is 0. The van der Waals surface area contributed by atoms with Gasteiger partial charge in [0.05, 0.1) is 23.9 Å². The molecule has 0 aliphatic carbocycles. The first kappa shape index (κ1) is 13.4. The molecule has 0 bridgehead atoms. The Hall–Kier alpha value is -2.25. The van der Waals surface area contributed by atoms with Gasteiger partial charge in [-0.3, -0.25) is 0 Å². The molecule has 0 saturated carbocycles. The van der Waals surface area contributed by atoms with Crippen LogP contribution < -0.4 is 4.74 Å². The van der Waals surface area contributed by atoms with Gasteiger partial charge in [0.15, 0.2) is 0 Å². The first-order valence-electron chi connectivity index (χ1n) is 6.68. The topological polar surface area (TPSA) is 52.3 Å². The third kappa shape index (κ3) is 2.18. The van der Waals surface area contributed by atoms with Gasteiger partial charge in [0, 0.05) is 5.56 Å². The largest absolute Gasteiger partial charge is 0.472 e. The zero-order chi connectivity index (χ0) is 15.1. The van der Waals surface area contributed by atoms with Crippen LogP contribution in [0.25, 0.3) is 26.1 Å². The number of aryl methyl sites for hydroxylation is 1. The number of fused-ring (bicyclic) bond motifs is 1. The molecule has 110 valence electrons. The van der Waals surface area contributed by atoms with E-state index >= 15 is 0 Å². The highest BCUT2D eigenvalue weighted by molar-refractivity contribution is 7.19. The molecule has 0 amide bonds. The predicted molar refractivity (Wildman–Crippen MR) is 88.7 cm³/mol. The fourth-order valence-corrected chi connectivity index (χ4v) is 3.94. The van der Waals surface area contributed by atoms with Gasteiger partial charge in [0.25, 0.3) is 5.19 Å². The minimum absolute atomic E-state index is 0.611. The van der Waals surface area contributed by atoms with Gasteiger partial charge in [0.2, 0.25) is 4.96 Å². The van der Waals surface area contributed by atoms with E-state index in [0.29, 0.717) is 5.19 Å². The maximum absolute atomic E-state index is 5.13. The van der Waals surface area contributed by atoms with Crippen molar-refractivity contribution < 1.29 is 4.74 Å². The molecule has 3 aromatic heterocycles. The van der Waals surface area contributed by atoms with Crippen molar-refractivity contribution in [3.05, 3.63) is 42.2 Å². The Morgan fingerprint density at radius 1 is 1.09 bits per heavy atom. The lowest BCUT2D eigenvalue weighted by atomic mass is 10.2. The van der Waals surface area contributed by atoms with Gasteiger partial charge in [-0.2, -0.15) is 0 Å². The molecule has 0 radical (unpaired) electrons. The summed E-state index contributed by atoms with van der Waals surface area (Å²) in [7, 11) is 1.61. The fourth-order valence-electron chi connectivity index (χ4n) is 2.21. The number of hydrogen-bond acceptors (Lipinski definition) is 6. The number of methoxy groups -OCH3 is 1. The summed E-state index contributed by atoms with van der Waals surface area (Å²) in [6.45, 7) is 2.01. The van der Waals surface area contributed by atoms with E-state index in [9.17, 15) is 0 Å². The third-order valence-corrected chi connectivity index (χ3v) is 5.36.